The quantitative estimate of drug-likeness (QED) is 0.852. The van der Waals surface area contributed by atoms with Crippen molar-refractivity contribution in [1.29, 1.82) is 0 Å². The zero-order valence-electron chi connectivity index (χ0n) is 14.0. The summed E-state index contributed by atoms with van der Waals surface area (Å²) in [6.07, 6.45) is 4.09. The fourth-order valence-electron chi connectivity index (χ4n) is 3.02. The van der Waals surface area contributed by atoms with E-state index in [2.05, 4.69) is 18.9 Å². The van der Waals surface area contributed by atoms with Crippen LogP contribution in [0.4, 0.5) is 0 Å². The van der Waals surface area contributed by atoms with E-state index in [1.54, 1.807) is 10.7 Å². The fraction of sp³-hybridized carbons (Fsp3) is 0.500. The standard InChI is InChI=1S/C18H23N3O2/c1-13(18(2)9-10-18)20(3)17(23)8-11-21-15-7-5-4-6-14(15)16(22)12-19-21/h4-7,12-13H,8-11H2,1-3H3/t13-/m1/s1. The number of nitrogens with zero attached hydrogens (tertiary/aromatic N) is 3. The second-order valence-corrected chi connectivity index (χ2v) is 6.83. The Kier molecular flexibility index (Phi) is 3.96. The van der Waals surface area contributed by atoms with Gasteiger partial charge in [0.15, 0.2) is 0 Å². The summed E-state index contributed by atoms with van der Waals surface area (Å²) >= 11 is 0. The number of fused-ring (bicyclic) bond motifs is 1. The molecule has 1 fully saturated rings. The molecule has 0 N–H and O–H groups in total. The lowest BCUT2D eigenvalue weighted by atomic mass is 9.99. The molecule has 122 valence electrons. The minimum absolute atomic E-state index is 0.0874. The zero-order chi connectivity index (χ0) is 16.6. The molecule has 23 heavy (non-hydrogen) atoms. The van der Waals surface area contributed by atoms with Crippen LogP contribution >= 0.6 is 0 Å². The molecule has 0 unspecified atom stereocenters. The smallest absolute Gasteiger partial charge is 0.224 e. The number of benzene rings is 1. The van der Waals surface area contributed by atoms with Crippen molar-refractivity contribution in [2.24, 2.45) is 5.41 Å². The Hall–Kier alpha value is -2.17. The summed E-state index contributed by atoms with van der Waals surface area (Å²) < 4.78 is 1.74. The minimum Gasteiger partial charge on any atom is -0.342 e. The van der Waals surface area contributed by atoms with Crippen LogP contribution in [0.1, 0.15) is 33.1 Å². The van der Waals surface area contributed by atoms with E-state index in [1.807, 2.05) is 30.1 Å². The molecule has 5 nitrogen and oxygen atoms in total. The van der Waals surface area contributed by atoms with E-state index < -0.39 is 0 Å². The number of para-hydroxylation sites is 1. The monoisotopic (exact) mass is 313 g/mol. The molecule has 1 heterocycles. The Bertz CT molecular complexity index is 792. The van der Waals surface area contributed by atoms with Gasteiger partial charge in [-0.2, -0.15) is 5.10 Å². The van der Waals surface area contributed by atoms with Crippen LogP contribution in [0.3, 0.4) is 0 Å². The first-order chi connectivity index (χ1) is 10.9. The average Bonchev–Trinajstić information content (AvgIpc) is 3.31. The molecular formula is C18H23N3O2. The van der Waals surface area contributed by atoms with Crippen molar-refractivity contribution in [3.05, 3.63) is 40.7 Å². The molecule has 1 atom stereocenters. The van der Waals surface area contributed by atoms with E-state index in [1.165, 1.54) is 19.0 Å². The highest BCUT2D eigenvalue weighted by molar-refractivity contribution is 5.79. The molecule has 0 bridgehead atoms. The average molecular weight is 313 g/mol. The van der Waals surface area contributed by atoms with E-state index in [9.17, 15) is 9.59 Å². The first kappa shape index (κ1) is 15.7. The molecule has 3 rings (SSSR count). The third-order valence-corrected chi connectivity index (χ3v) is 5.32. The van der Waals surface area contributed by atoms with Crippen LogP contribution in [0.2, 0.25) is 0 Å². The molecule has 1 aliphatic rings. The van der Waals surface area contributed by atoms with Gasteiger partial charge >= 0.3 is 0 Å². The molecular weight excluding hydrogens is 290 g/mol. The molecule has 5 heteroatoms. The Labute approximate surface area is 135 Å². The van der Waals surface area contributed by atoms with Crippen molar-refractivity contribution in [1.82, 2.24) is 14.7 Å². The highest BCUT2D eigenvalue weighted by Crippen LogP contribution is 2.49. The largest absolute Gasteiger partial charge is 0.342 e. The van der Waals surface area contributed by atoms with E-state index in [0.717, 1.165) is 5.52 Å². The van der Waals surface area contributed by atoms with Crippen molar-refractivity contribution in [3.8, 4) is 0 Å². The van der Waals surface area contributed by atoms with Gasteiger partial charge in [-0.05, 0) is 37.3 Å². The molecule has 2 aromatic rings. The van der Waals surface area contributed by atoms with Gasteiger partial charge in [-0.15, -0.1) is 0 Å². The molecule has 1 aromatic carbocycles. The summed E-state index contributed by atoms with van der Waals surface area (Å²) in [5.74, 6) is 0.121. The van der Waals surface area contributed by atoms with E-state index in [-0.39, 0.29) is 22.8 Å². The summed E-state index contributed by atoms with van der Waals surface area (Å²) in [5.41, 5.74) is 0.973. The highest BCUT2D eigenvalue weighted by atomic mass is 16.2. The molecule has 0 saturated heterocycles. The van der Waals surface area contributed by atoms with Crippen LogP contribution in [0.25, 0.3) is 10.9 Å². The van der Waals surface area contributed by atoms with Crippen LogP contribution in [-0.4, -0.2) is 33.7 Å². The van der Waals surface area contributed by atoms with Crippen LogP contribution in [0.5, 0.6) is 0 Å². The van der Waals surface area contributed by atoms with Gasteiger partial charge in [0.2, 0.25) is 11.3 Å². The first-order valence-corrected chi connectivity index (χ1v) is 8.13. The maximum atomic E-state index is 12.5. The van der Waals surface area contributed by atoms with E-state index in [0.29, 0.717) is 18.4 Å². The Morgan fingerprint density at radius 2 is 2.09 bits per heavy atom. The molecule has 1 aromatic heterocycles. The van der Waals surface area contributed by atoms with Gasteiger partial charge in [0.25, 0.3) is 0 Å². The predicted octanol–water partition coefficient (Wildman–Crippen LogP) is 2.43. The highest BCUT2D eigenvalue weighted by Gasteiger charge is 2.45. The first-order valence-electron chi connectivity index (χ1n) is 8.13. The summed E-state index contributed by atoms with van der Waals surface area (Å²) in [5, 5.41) is 4.82. The van der Waals surface area contributed by atoms with Crippen molar-refractivity contribution < 1.29 is 4.79 Å². The number of amides is 1. The fourth-order valence-corrected chi connectivity index (χ4v) is 3.02. The normalized spacial score (nSPS) is 17.0. The van der Waals surface area contributed by atoms with Gasteiger partial charge in [0.05, 0.1) is 18.3 Å². The van der Waals surface area contributed by atoms with Gasteiger partial charge < -0.3 is 4.90 Å². The third-order valence-electron chi connectivity index (χ3n) is 5.32. The lowest BCUT2D eigenvalue weighted by molar-refractivity contribution is -0.133. The molecule has 0 aliphatic heterocycles. The molecule has 0 spiro atoms. The number of aryl methyl sites for hydroxylation is 1. The van der Waals surface area contributed by atoms with Crippen molar-refractivity contribution in [3.63, 3.8) is 0 Å². The SMILES string of the molecule is C[C@@H](N(C)C(=O)CCn1ncc(=O)c2ccccc21)C1(C)CC1. The van der Waals surface area contributed by atoms with E-state index >= 15 is 0 Å². The Balaban J connectivity index is 1.72. The second-order valence-electron chi connectivity index (χ2n) is 6.83. The van der Waals surface area contributed by atoms with Gasteiger partial charge in [0, 0.05) is 24.9 Å². The van der Waals surface area contributed by atoms with Crippen molar-refractivity contribution >= 4 is 16.8 Å². The van der Waals surface area contributed by atoms with Crippen LogP contribution < -0.4 is 5.43 Å². The number of aromatic nitrogens is 2. The zero-order valence-corrected chi connectivity index (χ0v) is 14.0. The van der Waals surface area contributed by atoms with Gasteiger partial charge in [-0.25, -0.2) is 0 Å². The number of rotatable bonds is 5. The molecule has 0 radical (unpaired) electrons. The number of hydrogen-bond donors (Lipinski definition) is 0. The Morgan fingerprint density at radius 1 is 1.39 bits per heavy atom. The molecule has 1 saturated carbocycles. The Morgan fingerprint density at radius 3 is 2.78 bits per heavy atom. The molecule has 1 amide bonds. The minimum atomic E-state index is -0.0874. The number of carbonyl (C=O) groups is 1. The van der Waals surface area contributed by atoms with Crippen LogP contribution in [0, 0.1) is 5.41 Å². The summed E-state index contributed by atoms with van der Waals surface area (Å²) in [7, 11) is 1.88. The maximum Gasteiger partial charge on any atom is 0.224 e. The summed E-state index contributed by atoms with van der Waals surface area (Å²) in [6, 6.07) is 7.63. The molecule has 1 aliphatic carbocycles. The third kappa shape index (κ3) is 3.00. The lowest BCUT2D eigenvalue weighted by Gasteiger charge is -2.30. The second kappa shape index (κ2) is 5.80. The van der Waals surface area contributed by atoms with Gasteiger partial charge in [0.1, 0.15) is 0 Å². The van der Waals surface area contributed by atoms with Crippen LogP contribution in [-0.2, 0) is 11.3 Å². The number of carbonyl (C=O) groups excluding carboxylic acids is 1. The topological polar surface area (TPSA) is 55.2 Å². The van der Waals surface area contributed by atoms with Gasteiger partial charge in [-0.1, -0.05) is 19.1 Å². The lowest BCUT2D eigenvalue weighted by Crippen LogP contribution is -2.40. The van der Waals surface area contributed by atoms with Gasteiger partial charge in [-0.3, -0.25) is 14.3 Å². The maximum absolute atomic E-state index is 12.5. The van der Waals surface area contributed by atoms with Crippen LogP contribution in [0.15, 0.2) is 35.3 Å². The van der Waals surface area contributed by atoms with Crippen molar-refractivity contribution in [2.45, 2.75) is 45.7 Å². The summed E-state index contributed by atoms with van der Waals surface area (Å²) in [6.45, 7) is 4.84. The number of hydrogen-bond acceptors (Lipinski definition) is 3. The predicted molar refractivity (Wildman–Crippen MR) is 90.2 cm³/mol. The van der Waals surface area contributed by atoms with E-state index in [4.69, 9.17) is 0 Å². The summed E-state index contributed by atoms with van der Waals surface area (Å²) in [4.78, 5) is 26.2. The van der Waals surface area contributed by atoms with Crippen molar-refractivity contribution in [2.75, 3.05) is 7.05 Å².